The van der Waals surface area contributed by atoms with E-state index in [1.165, 1.54) is 0 Å². The molecule has 2 amide bonds. The zero-order valence-corrected chi connectivity index (χ0v) is 20.8. The van der Waals surface area contributed by atoms with Crippen LogP contribution in [0.3, 0.4) is 0 Å². The van der Waals surface area contributed by atoms with Crippen LogP contribution in [0.2, 0.25) is 0 Å². The number of aromatic nitrogens is 1. The molecule has 2 aromatic carbocycles. The quantitative estimate of drug-likeness (QED) is 0.534. The van der Waals surface area contributed by atoms with Crippen molar-refractivity contribution in [3.63, 3.8) is 0 Å². The Morgan fingerprint density at radius 3 is 2.50 bits per heavy atom. The Morgan fingerprint density at radius 2 is 1.81 bits per heavy atom. The van der Waals surface area contributed by atoms with Crippen LogP contribution in [0.1, 0.15) is 31.4 Å². The molecule has 36 heavy (non-hydrogen) atoms. The summed E-state index contributed by atoms with van der Waals surface area (Å²) in [4.78, 5) is 39.9. The van der Waals surface area contributed by atoms with E-state index in [2.05, 4.69) is 5.32 Å². The van der Waals surface area contributed by atoms with E-state index >= 15 is 0 Å². The number of rotatable bonds is 7. The van der Waals surface area contributed by atoms with Crippen molar-refractivity contribution in [3.8, 4) is 11.5 Å². The van der Waals surface area contributed by atoms with Gasteiger partial charge < -0.3 is 29.0 Å². The summed E-state index contributed by atoms with van der Waals surface area (Å²) >= 11 is 0. The molecule has 0 spiro atoms. The van der Waals surface area contributed by atoms with Gasteiger partial charge in [-0.15, -0.1) is 0 Å². The molecule has 9 nitrogen and oxygen atoms in total. The van der Waals surface area contributed by atoms with Gasteiger partial charge in [0, 0.05) is 47.4 Å². The number of nitrogens with zero attached hydrogens (tertiary/aromatic N) is 2. The Labute approximate surface area is 209 Å². The second-order valence-corrected chi connectivity index (χ2v) is 8.61. The number of pyridine rings is 1. The largest absolute Gasteiger partial charge is 0.497 e. The van der Waals surface area contributed by atoms with Crippen LogP contribution < -0.4 is 20.3 Å². The highest BCUT2D eigenvalue weighted by molar-refractivity contribution is 6.02. The summed E-state index contributed by atoms with van der Waals surface area (Å²) in [6, 6.07) is 12.5. The fraction of sp³-hybridized carbons (Fsp3) is 0.370. The zero-order valence-electron chi connectivity index (χ0n) is 20.8. The normalized spacial score (nSPS) is 13.9. The van der Waals surface area contributed by atoms with Crippen LogP contribution >= 0.6 is 0 Å². The number of carbonyl (C=O) groups is 2. The Kier molecular flexibility index (Phi) is 7.77. The minimum atomic E-state index is -0.311. The third-order valence-electron chi connectivity index (χ3n) is 6.47. The zero-order chi connectivity index (χ0) is 25.7. The summed E-state index contributed by atoms with van der Waals surface area (Å²) in [5.74, 6) is 1.00. The summed E-state index contributed by atoms with van der Waals surface area (Å²) in [6.45, 7) is 3.20. The van der Waals surface area contributed by atoms with E-state index < -0.39 is 0 Å². The van der Waals surface area contributed by atoms with E-state index in [4.69, 9.17) is 14.2 Å². The molecule has 3 aromatic rings. The van der Waals surface area contributed by atoms with Gasteiger partial charge >= 0.3 is 6.09 Å². The van der Waals surface area contributed by atoms with Gasteiger partial charge in [0.05, 0.1) is 27.2 Å². The molecule has 1 aromatic heterocycles. The monoisotopic (exact) mass is 493 g/mol. The van der Waals surface area contributed by atoms with Gasteiger partial charge in [0.15, 0.2) is 0 Å². The van der Waals surface area contributed by atoms with Crippen molar-refractivity contribution in [2.24, 2.45) is 0 Å². The molecule has 2 heterocycles. The first-order valence-corrected chi connectivity index (χ1v) is 12.0. The number of carbonyl (C=O) groups excluding carboxylic acids is 2. The van der Waals surface area contributed by atoms with E-state index in [1.807, 2.05) is 6.07 Å². The van der Waals surface area contributed by atoms with Gasteiger partial charge in [0.2, 0.25) is 5.91 Å². The van der Waals surface area contributed by atoms with Gasteiger partial charge in [0.25, 0.3) is 5.56 Å². The number of benzene rings is 2. The van der Waals surface area contributed by atoms with Gasteiger partial charge in [-0.3, -0.25) is 9.59 Å². The second kappa shape index (κ2) is 11.2. The lowest BCUT2D eigenvalue weighted by Crippen LogP contribution is -2.41. The van der Waals surface area contributed by atoms with Gasteiger partial charge in [-0.25, -0.2) is 4.79 Å². The van der Waals surface area contributed by atoms with E-state index in [0.29, 0.717) is 66.1 Å². The average Bonchev–Trinajstić information content (AvgIpc) is 2.89. The molecule has 190 valence electrons. The van der Waals surface area contributed by atoms with Crippen LogP contribution in [0.15, 0.2) is 53.5 Å². The van der Waals surface area contributed by atoms with Crippen molar-refractivity contribution in [2.45, 2.75) is 32.2 Å². The molecule has 0 aliphatic carbocycles. The van der Waals surface area contributed by atoms with Crippen molar-refractivity contribution in [3.05, 3.63) is 64.6 Å². The molecule has 1 N–H and O–H groups in total. The first kappa shape index (κ1) is 25.1. The summed E-state index contributed by atoms with van der Waals surface area (Å²) in [6.07, 6.45) is 2.89. The maximum absolute atomic E-state index is 13.3. The molecule has 0 radical (unpaired) electrons. The molecule has 0 unspecified atom stereocenters. The number of amides is 2. The van der Waals surface area contributed by atoms with Gasteiger partial charge in [-0.1, -0.05) is 6.07 Å². The van der Waals surface area contributed by atoms with E-state index in [9.17, 15) is 14.4 Å². The maximum atomic E-state index is 13.3. The highest BCUT2D eigenvalue weighted by Crippen LogP contribution is 2.27. The standard InChI is InChI=1S/C27H31N3O6/c1-4-36-27(33)29-13-10-19(11-14-29)30-15-12-21-22(26(30)32)6-5-7-23(21)28-25(31)17-18-16-20(34-2)8-9-24(18)35-3/h5-9,12,15-16,19H,4,10-11,13-14,17H2,1-3H3,(H,28,31). The number of methoxy groups -OCH3 is 2. The third kappa shape index (κ3) is 5.30. The van der Waals surface area contributed by atoms with Crippen molar-refractivity contribution < 1.29 is 23.8 Å². The van der Waals surface area contributed by atoms with Crippen LogP contribution in [0.5, 0.6) is 11.5 Å². The Balaban J connectivity index is 1.52. The number of anilines is 1. The molecular weight excluding hydrogens is 462 g/mol. The van der Waals surface area contributed by atoms with Crippen molar-refractivity contribution in [1.29, 1.82) is 0 Å². The molecular formula is C27H31N3O6. The maximum Gasteiger partial charge on any atom is 0.409 e. The Hall–Kier alpha value is -4.01. The summed E-state index contributed by atoms with van der Waals surface area (Å²) in [7, 11) is 3.12. The number of hydrogen-bond acceptors (Lipinski definition) is 6. The van der Waals surface area contributed by atoms with Crippen molar-refractivity contribution in [2.75, 3.05) is 39.2 Å². The Bertz CT molecular complexity index is 1310. The Morgan fingerprint density at radius 1 is 1.03 bits per heavy atom. The predicted molar refractivity (Wildman–Crippen MR) is 137 cm³/mol. The van der Waals surface area contributed by atoms with Gasteiger partial charge in [-0.2, -0.15) is 0 Å². The molecule has 0 bridgehead atoms. The third-order valence-corrected chi connectivity index (χ3v) is 6.47. The molecule has 0 atom stereocenters. The highest BCUT2D eigenvalue weighted by atomic mass is 16.6. The van der Waals surface area contributed by atoms with Crippen molar-refractivity contribution in [1.82, 2.24) is 9.47 Å². The first-order valence-electron chi connectivity index (χ1n) is 12.0. The van der Waals surface area contributed by atoms with Crippen LogP contribution in [0, 0.1) is 0 Å². The number of ether oxygens (including phenoxy) is 3. The molecule has 1 aliphatic heterocycles. The van der Waals surface area contributed by atoms with Crippen LogP contribution in [-0.4, -0.2) is 55.4 Å². The SMILES string of the molecule is CCOC(=O)N1CCC(n2ccc3c(NC(=O)Cc4cc(OC)ccc4OC)cccc3c2=O)CC1. The molecule has 4 rings (SSSR count). The minimum absolute atomic E-state index is 0.00801. The number of piperidine rings is 1. The van der Waals surface area contributed by atoms with E-state index in [0.717, 1.165) is 0 Å². The summed E-state index contributed by atoms with van der Waals surface area (Å²) in [5.41, 5.74) is 1.15. The van der Waals surface area contributed by atoms with Gasteiger partial charge in [-0.05, 0) is 56.2 Å². The van der Waals surface area contributed by atoms with Crippen LogP contribution in [-0.2, 0) is 16.0 Å². The molecule has 0 saturated carbocycles. The number of nitrogens with one attached hydrogen (secondary N) is 1. The summed E-state index contributed by atoms with van der Waals surface area (Å²) in [5, 5.41) is 4.14. The fourth-order valence-electron chi connectivity index (χ4n) is 4.62. The first-order chi connectivity index (χ1) is 17.4. The molecule has 1 aliphatic rings. The lowest BCUT2D eigenvalue weighted by Gasteiger charge is -2.32. The van der Waals surface area contributed by atoms with Gasteiger partial charge in [0.1, 0.15) is 11.5 Å². The molecule has 9 heteroatoms. The number of fused-ring (bicyclic) bond motifs is 1. The second-order valence-electron chi connectivity index (χ2n) is 8.61. The lowest BCUT2D eigenvalue weighted by molar-refractivity contribution is -0.115. The minimum Gasteiger partial charge on any atom is -0.497 e. The van der Waals surface area contributed by atoms with E-state index in [-0.39, 0.29) is 30.0 Å². The van der Waals surface area contributed by atoms with Crippen LogP contribution in [0.4, 0.5) is 10.5 Å². The predicted octanol–water partition coefficient (Wildman–Crippen LogP) is 3.99. The fourth-order valence-corrected chi connectivity index (χ4v) is 4.62. The topological polar surface area (TPSA) is 99.1 Å². The molecule has 1 fully saturated rings. The average molecular weight is 494 g/mol. The van der Waals surface area contributed by atoms with Crippen LogP contribution in [0.25, 0.3) is 10.8 Å². The van der Waals surface area contributed by atoms with Crippen molar-refractivity contribution >= 4 is 28.5 Å². The lowest BCUT2D eigenvalue weighted by atomic mass is 10.0. The molecule has 1 saturated heterocycles. The van der Waals surface area contributed by atoms with E-state index in [1.54, 1.807) is 73.2 Å². The smallest absolute Gasteiger partial charge is 0.409 e. The number of hydrogen-bond donors (Lipinski definition) is 1. The summed E-state index contributed by atoms with van der Waals surface area (Å²) < 4.78 is 17.5. The number of likely N-dealkylation sites (tertiary alicyclic amines) is 1. The highest BCUT2D eigenvalue weighted by Gasteiger charge is 2.25.